The molecule has 0 aliphatic carbocycles. The Morgan fingerprint density at radius 1 is 1.09 bits per heavy atom. The number of amides is 1. The molecule has 1 aromatic heterocycles. The summed E-state index contributed by atoms with van der Waals surface area (Å²) in [5.41, 5.74) is 2.64. The summed E-state index contributed by atoms with van der Waals surface area (Å²) in [6.45, 7) is 13.4. The molecule has 1 rings (SSSR count). The fraction of sp³-hybridized carbons (Fsp3) is 0.667. The van der Waals surface area contributed by atoms with Gasteiger partial charge in [0, 0.05) is 17.8 Å². The first kappa shape index (κ1) is 19.4. The van der Waals surface area contributed by atoms with Crippen LogP contribution >= 0.6 is 0 Å². The first-order chi connectivity index (χ1) is 10.9. The van der Waals surface area contributed by atoms with Gasteiger partial charge in [-0.3, -0.25) is 9.59 Å². The Balaban J connectivity index is 2.51. The van der Waals surface area contributed by atoms with Gasteiger partial charge in [-0.05, 0) is 65.2 Å². The van der Waals surface area contributed by atoms with E-state index >= 15 is 0 Å². The zero-order valence-corrected chi connectivity index (χ0v) is 15.2. The molecule has 1 heterocycles. The van der Waals surface area contributed by atoms with Gasteiger partial charge in [0.25, 0.3) is 5.91 Å². The first-order valence-electron chi connectivity index (χ1n) is 8.62. The van der Waals surface area contributed by atoms with Crippen LogP contribution in [0.1, 0.15) is 72.1 Å². The predicted molar refractivity (Wildman–Crippen MR) is 94.2 cm³/mol. The minimum absolute atomic E-state index is 0.00919. The van der Waals surface area contributed by atoms with Crippen LogP contribution in [0.5, 0.6) is 0 Å². The van der Waals surface area contributed by atoms with Gasteiger partial charge in [-0.15, -0.1) is 0 Å². The summed E-state index contributed by atoms with van der Waals surface area (Å²) in [7, 11) is 0. The highest BCUT2D eigenvalue weighted by Crippen LogP contribution is 2.18. The van der Waals surface area contributed by atoms with Crippen molar-refractivity contribution < 1.29 is 9.59 Å². The van der Waals surface area contributed by atoms with Crippen molar-refractivity contribution in [2.45, 2.75) is 53.9 Å². The summed E-state index contributed by atoms with van der Waals surface area (Å²) >= 11 is 0. The van der Waals surface area contributed by atoms with Gasteiger partial charge in [-0.25, -0.2) is 0 Å². The van der Waals surface area contributed by atoms with Crippen LogP contribution in [0.15, 0.2) is 0 Å². The van der Waals surface area contributed by atoms with E-state index in [1.165, 1.54) is 6.92 Å². The molecule has 130 valence electrons. The standard InChI is InChI=1S/C18H31N3O2/c1-6-10-21(11-7-2)12-8-9-19-18(23)17-13(3)16(15(5)22)14(4)20-17/h20H,6-12H2,1-5H3,(H,19,23). The van der Waals surface area contributed by atoms with Crippen LogP contribution in [0.2, 0.25) is 0 Å². The Kier molecular flexibility index (Phi) is 8.03. The highest BCUT2D eigenvalue weighted by atomic mass is 16.2. The number of hydrogen-bond donors (Lipinski definition) is 2. The number of ketones is 1. The predicted octanol–water partition coefficient (Wildman–Crippen LogP) is 3.08. The summed E-state index contributed by atoms with van der Waals surface area (Å²) in [5, 5.41) is 2.95. The van der Waals surface area contributed by atoms with Crippen LogP contribution in [-0.4, -0.2) is 47.8 Å². The molecule has 5 nitrogen and oxygen atoms in total. The summed E-state index contributed by atoms with van der Waals surface area (Å²) in [6.07, 6.45) is 3.24. The molecule has 2 N–H and O–H groups in total. The molecule has 0 atom stereocenters. The number of aromatic amines is 1. The summed E-state index contributed by atoms with van der Waals surface area (Å²) in [5.74, 6) is -0.138. The van der Waals surface area contributed by atoms with E-state index in [1.807, 2.05) is 13.8 Å². The van der Waals surface area contributed by atoms with Gasteiger partial charge in [0.15, 0.2) is 5.78 Å². The van der Waals surface area contributed by atoms with E-state index in [0.717, 1.165) is 50.2 Å². The average Bonchev–Trinajstić information content (AvgIpc) is 2.78. The lowest BCUT2D eigenvalue weighted by Crippen LogP contribution is -2.31. The summed E-state index contributed by atoms with van der Waals surface area (Å²) in [6, 6.07) is 0. The third-order valence-electron chi connectivity index (χ3n) is 4.03. The maximum absolute atomic E-state index is 12.3. The molecule has 0 spiro atoms. The molecule has 0 radical (unpaired) electrons. The molecular weight excluding hydrogens is 290 g/mol. The minimum Gasteiger partial charge on any atom is -0.354 e. The van der Waals surface area contributed by atoms with Crippen LogP contribution < -0.4 is 5.32 Å². The van der Waals surface area contributed by atoms with Gasteiger partial charge in [-0.2, -0.15) is 0 Å². The van der Waals surface area contributed by atoms with Crippen molar-refractivity contribution in [3.63, 3.8) is 0 Å². The lowest BCUT2D eigenvalue weighted by Gasteiger charge is -2.20. The molecule has 0 aliphatic heterocycles. The van der Waals surface area contributed by atoms with Crippen LogP contribution in [0.4, 0.5) is 0 Å². The van der Waals surface area contributed by atoms with E-state index < -0.39 is 0 Å². The number of hydrogen-bond acceptors (Lipinski definition) is 3. The second kappa shape index (κ2) is 9.50. The molecule has 0 aromatic carbocycles. The average molecular weight is 321 g/mol. The molecule has 23 heavy (non-hydrogen) atoms. The van der Waals surface area contributed by atoms with Crippen molar-refractivity contribution in [2.75, 3.05) is 26.2 Å². The van der Waals surface area contributed by atoms with E-state index in [-0.39, 0.29) is 11.7 Å². The van der Waals surface area contributed by atoms with Gasteiger partial charge in [0.2, 0.25) is 0 Å². The van der Waals surface area contributed by atoms with E-state index in [1.54, 1.807) is 0 Å². The lowest BCUT2D eigenvalue weighted by molar-refractivity contribution is 0.0946. The topological polar surface area (TPSA) is 65.2 Å². The third-order valence-corrected chi connectivity index (χ3v) is 4.03. The molecule has 0 bridgehead atoms. The van der Waals surface area contributed by atoms with Crippen LogP contribution in [0, 0.1) is 13.8 Å². The van der Waals surface area contributed by atoms with Crippen LogP contribution in [0.25, 0.3) is 0 Å². The monoisotopic (exact) mass is 321 g/mol. The minimum atomic E-state index is -0.129. The first-order valence-corrected chi connectivity index (χ1v) is 8.62. The molecule has 0 fully saturated rings. The smallest absolute Gasteiger partial charge is 0.268 e. The second-order valence-electron chi connectivity index (χ2n) is 6.13. The third kappa shape index (κ3) is 5.50. The number of aryl methyl sites for hydroxylation is 1. The Bertz CT molecular complexity index is 529. The number of carbonyl (C=O) groups is 2. The molecule has 5 heteroatoms. The molecule has 0 aliphatic rings. The molecule has 0 saturated heterocycles. The highest BCUT2D eigenvalue weighted by Gasteiger charge is 2.19. The lowest BCUT2D eigenvalue weighted by atomic mass is 10.1. The Morgan fingerprint density at radius 3 is 2.17 bits per heavy atom. The van der Waals surface area contributed by atoms with Gasteiger partial charge in [0.05, 0.1) is 0 Å². The molecular formula is C18H31N3O2. The van der Waals surface area contributed by atoms with E-state index in [4.69, 9.17) is 0 Å². The zero-order chi connectivity index (χ0) is 17.4. The van der Waals surface area contributed by atoms with Gasteiger partial charge < -0.3 is 15.2 Å². The van der Waals surface area contributed by atoms with Crippen molar-refractivity contribution >= 4 is 11.7 Å². The zero-order valence-electron chi connectivity index (χ0n) is 15.2. The largest absolute Gasteiger partial charge is 0.354 e. The van der Waals surface area contributed by atoms with Crippen molar-refractivity contribution in [3.8, 4) is 0 Å². The number of Topliss-reactive ketones (excluding diaryl/α,β-unsaturated/α-hetero) is 1. The summed E-state index contributed by atoms with van der Waals surface area (Å²) in [4.78, 5) is 29.4. The van der Waals surface area contributed by atoms with Crippen molar-refractivity contribution in [1.82, 2.24) is 15.2 Å². The summed E-state index contributed by atoms with van der Waals surface area (Å²) < 4.78 is 0. The van der Waals surface area contributed by atoms with E-state index in [9.17, 15) is 9.59 Å². The number of aromatic nitrogens is 1. The number of H-pyrrole nitrogens is 1. The van der Waals surface area contributed by atoms with Gasteiger partial charge >= 0.3 is 0 Å². The van der Waals surface area contributed by atoms with Crippen molar-refractivity contribution in [3.05, 3.63) is 22.5 Å². The molecule has 0 saturated carbocycles. The molecule has 1 aromatic rings. The van der Waals surface area contributed by atoms with Crippen LogP contribution in [0.3, 0.4) is 0 Å². The van der Waals surface area contributed by atoms with Crippen molar-refractivity contribution in [1.29, 1.82) is 0 Å². The SMILES string of the molecule is CCCN(CCC)CCCNC(=O)c1[nH]c(C)c(C(C)=O)c1C. The highest BCUT2D eigenvalue weighted by molar-refractivity contribution is 6.02. The normalized spacial score (nSPS) is 11.0. The Labute approximate surface area is 139 Å². The van der Waals surface area contributed by atoms with E-state index in [0.29, 0.717) is 17.8 Å². The number of nitrogens with zero attached hydrogens (tertiary/aromatic N) is 1. The maximum Gasteiger partial charge on any atom is 0.268 e. The van der Waals surface area contributed by atoms with Crippen molar-refractivity contribution in [2.24, 2.45) is 0 Å². The van der Waals surface area contributed by atoms with Gasteiger partial charge in [-0.1, -0.05) is 13.8 Å². The number of carbonyl (C=O) groups excluding carboxylic acids is 2. The molecule has 0 unspecified atom stereocenters. The quantitative estimate of drug-likeness (QED) is 0.514. The number of rotatable bonds is 10. The number of nitrogens with one attached hydrogen (secondary N) is 2. The van der Waals surface area contributed by atoms with Crippen LogP contribution in [-0.2, 0) is 0 Å². The molecule has 1 amide bonds. The Morgan fingerprint density at radius 2 is 1.70 bits per heavy atom. The fourth-order valence-electron chi connectivity index (χ4n) is 3.07. The van der Waals surface area contributed by atoms with E-state index in [2.05, 4.69) is 29.0 Å². The van der Waals surface area contributed by atoms with Gasteiger partial charge in [0.1, 0.15) is 5.69 Å². The second-order valence-corrected chi connectivity index (χ2v) is 6.13. The fourth-order valence-corrected chi connectivity index (χ4v) is 3.07. The maximum atomic E-state index is 12.3. The Hall–Kier alpha value is -1.62.